The van der Waals surface area contributed by atoms with Crippen molar-refractivity contribution in [1.82, 2.24) is 4.31 Å². The molecule has 146 valence electrons. The number of nitrogens with one attached hydrogen (secondary N) is 1. The van der Waals surface area contributed by atoms with Gasteiger partial charge in [-0.1, -0.05) is 31.5 Å². The summed E-state index contributed by atoms with van der Waals surface area (Å²) in [6, 6.07) is 11.3. The minimum absolute atomic E-state index is 0.192. The molecule has 1 amide bonds. The number of nitrogens with zero attached hydrogens (tertiary/aromatic N) is 1. The number of benzene rings is 2. The maximum atomic E-state index is 12.4. The first-order chi connectivity index (χ1) is 12.8. The maximum absolute atomic E-state index is 12.4. The topological polar surface area (TPSA) is 75.7 Å². The Morgan fingerprint density at radius 1 is 1.11 bits per heavy atom. The van der Waals surface area contributed by atoms with Crippen LogP contribution in [-0.2, 0) is 14.8 Å². The highest BCUT2D eigenvalue weighted by Gasteiger charge is 2.21. The Morgan fingerprint density at radius 2 is 1.74 bits per heavy atom. The molecule has 0 saturated heterocycles. The van der Waals surface area contributed by atoms with E-state index < -0.39 is 10.0 Å². The zero-order chi connectivity index (χ0) is 20.0. The molecule has 0 saturated carbocycles. The Bertz CT molecular complexity index is 894. The third-order valence-corrected chi connectivity index (χ3v) is 6.46. The summed E-state index contributed by atoms with van der Waals surface area (Å²) in [5.41, 5.74) is 1.51. The van der Waals surface area contributed by atoms with Crippen molar-refractivity contribution in [2.24, 2.45) is 0 Å². The van der Waals surface area contributed by atoms with E-state index in [4.69, 9.17) is 16.3 Å². The van der Waals surface area contributed by atoms with Gasteiger partial charge in [-0.15, -0.1) is 0 Å². The van der Waals surface area contributed by atoms with Crippen molar-refractivity contribution < 1.29 is 17.9 Å². The summed E-state index contributed by atoms with van der Waals surface area (Å²) in [6.45, 7) is 6.06. The third kappa shape index (κ3) is 5.45. The lowest BCUT2D eigenvalue weighted by atomic mass is 10.2. The molecule has 1 N–H and O–H groups in total. The first kappa shape index (κ1) is 21.2. The lowest BCUT2D eigenvalue weighted by Gasteiger charge is -2.18. The average Bonchev–Trinajstić information content (AvgIpc) is 2.64. The van der Waals surface area contributed by atoms with E-state index in [-0.39, 0.29) is 17.4 Å². The Hall–Kier alpha value is -2.09. The molecule has 8 heteroatoms. The van der Waals surface area contributed by atoms with Gasteiger partial charge in [0.25, 0.3) is 5.91 Å². The number of hydrogen-bond acceptors (Lipinski definition) is 4. The molecule has 0 fully saturated rings. The standard InChI is InChI=1S/C19H23ClN2O4S/c1-4-22(5-2)27(24,25)17-10-8-16(9-11-17)26-13-19(23)21-15-7-6-14(3)18(20)12-15/h6-12H,4-5,13H2,1-3H3,(H,21,23). The van der Waals surface area contributed by atoms with Crippen LogP contribution in [-0.4, -0.2) is 38.3 Å². The zero-order valence-electron chi connectivity index (χ0n) is 15.5. The molecule has 0 heterocycles. The van der Waals surface area contributed by atoms with Crippen molar-refractivity contribution >= 4 is 33.2 Å². The Labute approximate surface area is 165 Å². The molecule has 27 heavy (non-hydrogen) atoms. The summed E-state index contributed by atoms with van der Waals surface area (Å²) < 4.78 is 31.7. The second-order valence-corrected chi connectivity index (χ2v) is 8.21. The van der Waals surface area contributed by atoms with Gasteiger partial charge < -0.3 is 10.1 Å². The van der Waals surface area contributed by atoms with Crippen LogP contribution in [0.3, 0.4) is 0 Å². The summed E-state index contributed by atoms with van der Waals surface area (Å²) in [5, 5.41) is 3.26. The van der Waals surface area contributed by atoms with Crippen molar-refractivity contribution in [3.63, 3.8) is 0 Å². The fraction of sp³-hybridized carbons (Fsp3) is 0.316. The van der Waals surface area contributed by atoms with E-state index >= 15 is 0 Å². The molecule has 0 aromatic heterocycles. The SMILES string of the molecule is CCN(CC)S(=O)(=O)c1ccc(OCC(=O)Nc2ccc(C)c(Cl)c2)cc1. The molecule has 0 aliphatic rings. The van der Waals surface area contributed by atoms with Gasteiger partial charge in [-0.25, -0.2) is 8.42 Å². The first-order valence-electron chi connectivity index (χ1n) is 8.57. The molecular weight excluding hydrogens is 388 g/mol. The number of rotatable bonds is 8. The fourth-order valence-corrected chi connectivity index (χ4v) is 4.08. The predicted octanol–water partition coefficient (Wildman–Crippen LogP) is 3.70. The number of sulfonamides is 1. The van der Waals surface area contributed by atoms with Crippen molar-refractivity contribution in [3.05, 3.63) is 53.1 Å². The van der Waals surface area contributed by atoms with Crippen LogP contribution in [0.25, 0.3) is 0 Å². The van der Waals surface area contributed by atoms with Crippen LogP contribution in [0.2, 0.25) is 5.02 Å². The third-order valence-electron chi connectivity index (χ3n) is 3.99. The average molecular weight is 411 g/mol. The van der Waals surface area contributed by atoms with Gasteiger partial charge in [0.2, 0.25) is 10.0 Å². The monoisotopic (exact) mass is 410 g/mol. The van der Waals surface area contributed by atoms with Crippen molar-refractivity contribution in [1.29, 1.82) is 0 Å². The van der Waals surface area contributed by atoms with Crippen molar-refractivity contribution in [2.45, 2.75) is 25.7 Å². The van der Waals surface area contributed by atoms with Gasteiger partial charge in [0, 0.05) is 23.8 Å². The number of carbonyl (C=O) groups excluding carboxylic acids is 1. The van der Waals surface area contributed by atoms with E-state index in [1.807, 2.05) is 13.0 Å². The lowest BCUT2D eigenvalue weighted by molar-refractivity contribution is -0.118. The second-order valence-electron chi connectivity index (χ2n) is 5.86. The minimum Gasteiger partial charge on any atom is -0.484 e. The van der Waals surface area contributed by atoms with Crippen LogP contribution in [0, 0.1) is 6.92 Å². The van der Waals surface area contributed by atoms with Gasteiger partial charge >= 0.3 is 0 Å². The number of halogens is 1. The number of ether oxygens (including phenoxy) is 1. The van der Waals surface area contributed by atoms with Gasteiger partial charge in [-0.3, -0.25) is 4.79 Å². The maximum Gasteiger partial charge on any atom is 0.262 e. The second kappa shape index (κ2) is 9.21. The lowest BCUT2D eigenvalue weighted by Crippen LogP contribution is -2.30. The van der Waals surface area contributed by atoms with E-state index in [0.717, 1.165) is 5.56 Å². The van der Waals surface area contributed by atoms with Gasteiger partial charge in [-0.2, -0.15) is 4.31 Å². The summed E-state index contributed by atoms with van der Waals surface area (Å²) in [6.07, 6.45) is 0. The molecule has 0 bridgehead atoms. The van der Waals surface area contributed by atoms with Crippen LogP contribution in [0.15, 0.2) is 47.4 Å². The van der Waals surface area contributed by atoms with Gasteiger partial charge in [0.15, 0.2) is 6.61 Å². The highest BCUT2D eigenvalue weighted by atomic mass is 35.5. The normalized spacial score (nSPS) is 11.4. The summed E-state index contributed by atoms with van der Waals surface area (Å²) >= 11 is 6.03. The molecule has 0 radical (unpaired) electrons. The van der Waals surface area contributed by atoms with Crippen molar-refractivity contribution in [2.75, 3.05) is 25.0 Å². The number of amides is 1. The highest BCUT2D eigenvalue weighted by molar-refractivity contribution is 7.89. The van der Waals surface area contributed by atoms with Crippen LogP contribution in [0.1, 0.15) is 19.4 Å². The molecule has 0 atom stereocenters. The van der Waals surface area contributed by atoms with E-state index in [1.165, 1.54) is 28.6 Å². The van der Waals surface area contributed by atoms with Crippen LogP contribution >= 0.6 is 11.6 Å². The predicted molar refractivity (Wildman–Crippen MR) is 107 cm³/mol. The number of anilines is 1. The molecule has 2 aromatic carbocycles. The molecule has 6 nitrogen and oxygen atoms in total. The van der Waals surface area contributed by atoms with Gasteiger partial charge in [0.05, 0.1) is 4.90 Å². The number of aryl methyl sites for hydroxylation is 1. The summed E-state index contributed by atoms with van der Waals surface area (Å²) in [7, 11) is -3.51. The van der Waals surface area contributed by atoms with Crippen LogP contribution in [0.4, 0.5) is 5.69 Å². The largest absolute Gasteiger partial charge is 0.484 e. The number of carbonyl (C=O) groups is 1. The smallest absolute Gasteiger partial charge is 0.262 e. The van der Waals surface area contributed by atoms with Crippen LogP contribution < -0.4 is 10.1 Å². The minimum atomic E-state index is -3.51. The first-order valence-corrected chi connectivity index (χ1v) is 10.4. The Balaban J connectivity index is 1.96. The summed E-state index contributed by atoms with van der Waals surface area (Å²) in [5.74, 6) is 0.0698. The highest BCUT2D eigenvalue weighted by Crippen LogP contribution is 2.21. The molecule has 0 aliphatic heterocycles. The molecule has 0 aliphatic carbocycles. The van der Waals surface area contributed by atoms with Crippen molar-refractivity contribution in [3.8, 4) is 5.75 Å². The van der Waals surface area contributed by atoms with Gasteiger partial charge in [-0.05, 0) is 48.9 Å². The van der Waals surface area contributed by atoms with E-state index in [1.54, 1.807) is 26.0 Å². The van der Waals surface area contributed by atoms with Crippen LogP contribution in [0.5, 0.6) is 5.75 Å². The molecule has 2 aromatic rings. The molecule has 0 spiro atoms. The fourth-order valence-electron chi connectivity index (χ4n) is 2.44. The Morgan fingerprint density at radius 3 is 2.30 bits per heavy atom. The van der Waals surface area contributed by atoms with E-state index in [9.17, 15) is 13.2 Å². The Kier molecular flexibility index (Phi) is 7.24. The quantitative estimate of drug-likeness (QED) is 0.720. The number of hydrogen-bond donors (Lipinski definition) is 1. The zero-order valence-corrected chi connectivity index (χ0v) is 17.1. The molecular formula is C19H23ClN2O4S. The van der Waals surface area contributed by atoms with E-state index in [0.29, 0.717) is 29.5 Å². The molecule has 0 unspecified atom stereocenters. The van der Waals surface area contributed by atoms with Gasteiger partial charge in [0.1, 0.15) is 5.75 Å². The van der Waals surface area contributed by atoms with E-state index in [2.05, 4.69) is 5.32 Å². The molecule has 2 rings (SSSR count). The summed E-state index contributed by atoms with van der Waals surface area (Å²) in [4.78, 5) is 12.2.